The van der Waals surface area contributed by atoms with Crippen molar-refractivity contribution in [1.29, 1.82) is 0 Å². The Bertz CT molecular complexity index is 780. The molecule has 1 heterocycles. The number of hydrogen-bond donors (Lipinski definition) is 1. The van der Waals surface area contributed by atoms with Gasteiger partial charge in [-0.05, 0) is 82.2 Å². The molecule has 0 aliphatic carbocycles. The third-order valence-electron chi connectivity index (χ3n) is 3.39. The van der Waals surface area contributed by atoms with E-state index in [1.807, 2.05) is 42.5 Å². The maximum atomic E-state index is 12.1. The Hall–Kier alpha value is -1.60. The second kappa shape index (κ2) is 7.31. The van der Waals surface area contributed by atoms with Gasteiger partial charge in [0.25, 0.3) is 5.91 Å². The highest BCUT2D eigenvalue weighted by Gasteiger charge is 2.23. The van der Waals surface area contributed by atoms with E-state index in [1.54, 1.807) is 0 Å². The molecule has 23 heavy (non-hydrogen) atoms. The van der Waals surface area contributed by atoms with Gasteiger partial charge in [0, 0.05) is 3.57 Å². The van der Waals surface area contributed by atoms with Crippen molar-refractivity contribution < 1.29 is 4.79 Å². The van der Waals surface area contributed by atoms with Gasteiger partial charge in [-0.1, -0.05) is 31.2 Å². The van der Waals surface area contributed by atoms with E-state index in [4.69, 9.17) is 0 Å². The molecule has 0 bridgehead atoms. The van der Waals surface area contributed by atoms with Crippen molar-refractivity contribution in [3.05, 3.63) is 68.1 Å². The molecule has 0 aromatic heterocycles. The van der Waals surface area contributed by atoms with E-state index < -0.39 is 0 Å². The Balaban J connectivity index is 1.78. The highest BCUT2D eigenvalue weighted by Crippen LogP contribution is 2.28. The number of hydrogen-bond acceptors (Lipinski definition) is 3. The van der Waals surface area contributed by atoms with Crippen LogP contribution in [0.2, 0.25) is 0 Å². The summed E-state index contributed by atoms with van der Waals surface area (Å²) < 4.78 is 1.17. The number of rotatable bonds is 3. The number of amidine groups is 1. The average molecular weight is 434 g/mol. The van der Waals surface area contributed by atoms with E-state index in [0.717, 1.165) is 17.7 Å². The minimum atomic E-state index is -0.0996. The fourth-order valence-corrected chi connectivity index (χ4v) is 3.32. The summed E-state index contributed by atoms with van der Waals surface area (Å²) in [7, 11) is 0. The molecule has 0 atom stereocenters. The van der Waals surface area contributed by atoms with Gasteiger partial charge in [0.1, 0.15) is 0 Å². The normalized spacial score (nSPS) is 17.7. The fourth-order valence-electron chi connectivity index (χ4n) is 2.11. The van der Waals surface area contributed by atoms with Crippen LogP contribution in [0, 0.1) is 3.57 Å². The molecule has 0 unspecified atom stereocenters. The van der Waals surface area contributed by atoms with Crippen LogP contribution in [0.5, 0.6) is 0 Å². The Morgan fingerprint density at radius 1 is 1.13 bits per heavy atom. The van der Waals surface area contributed by atoms with E-state index >= 15 is 0 Å². The van der Waals surface area contributed by atoms with E-state index in [2.05, 4.69) is 52.0 Å². The lowest BCUT2D eigenvalue weighted by molar-refractivity contribution is -0.115. The molecule has 5 heteroatoms. The molecule has 1 aliphatic rings. The van der Waals surface area contributed by atoms with Gasteiger partial charge in [0.2, 0.25) is 0 Å². The second-order valence-corrected chi connectivity index (χ2v) is 7.33. The Kier molecular flexibility index (Phi) is 5.17. The molecule has 3 nitrogen and oxygen atoms in total. The monoisotopic (exact) mass is 434 g/mol. The number of carbonyl (C=O) groups is 1. The second-order valence-electron chi connectivity index (χ2n) is 5.05. The van der Waals surface area contributed by atoms with Crippen LogP contribution in [0.3, 0.4) is 0 Å². The molecule has 0 spiro atoms. The van der Waals surface area contributed by atoms with Crippen LogP contribution in [-0.2, 0) is 11.2 Å². The molecular formula is C18H15IN2OS. The van der Waals surface area contributed by atoms with Crippen LogP contribution in [0.1, 0.15) is 18.1 Å². The minimum Gasteiger partial charge on any atom is -0.300 e. The predicted molar refractivity (Wildman–Crippen MR) is 106 cm³/mol. The number of carbonyl (C=O) groups excluding carboxylic acids is 1. The average Bonchev–Trinajstić information content (AvgIpc) is 2.90. The van der Waals surface area contributed by atoms with Crippen LogP contribution in [0.15, 0.2) is 58.4 Å². The van der Waals surface area contributed by atoms with E-state index in [9.17, 15) is 4.79 Å². The first-order valence-electron chi connectivity index (χ1n) is 7.28. The van der Waals surface area contributed by atoms with Crippen molar-refractivity contribution in [3.63, 3.8) is 0 Å². The Morgan fingerprint density at radius 3 is 2.48 bits per heavy atom. The molecule has 0 radical (unpaired) electrons. The third kappa shape index (κ3) is 4.23. The maximum Gasteiger partial charge on any atom is 0.264 e. The molecule has 3 rings (SSSR count). The Labute approximate surface area is 153 Å². The molecule has 1 aliphatic heterocycles. The van der Waals surface area contributed by atoms with Crippen molar-refractivity contribution in [1.82, 2.24) is 5.32 Å². The van der Waals surface area contributed by atoms with Crippen molar-refractivity contribution in [2.45, 2.75) is 13.3 Å². The SMILES string of the molecule is CCc1ccc(N=C2NC(=O)/C(=C/c3ccc(I)cc3)S2)cc1. The fraction of sp³-hybridized carbons (Fsp3) is 0.111. The number of nitrogens with zero attached hydrogens (tertiary/aromatic N) is 1. The molecule has 2 aromatic rings. The molecule has 1 fully saturated rings. The molecule has 1 amide bonds. The van der Waals surface area contributed by atoms with Crippen LogP contribution < -0.4 is 5.32 Å². The zero-order valence-electron chi connectivity index (χ0n) is 12.5. The highest BCUT2D eigenvalue weighted by molar-refractivity contribution is 14.1. The van der Waals surface area contributed by atoms with Crippen LogP contribution in [0.4, 0.5) is 5.69 Å². The maximum absolute atomic E-state index is 12.1. The van der Waals surface area contributed by atoms with Crippen molar-refractivity contribution in [2.24, 2.45) is 4.99 Å². The summed E-state index contributed by atoms with van der Waals surface area (Å²) in [6.45, 7) is 2.12. The van der Waals surface area contributed by atoms with Gasteiger partial charge in [0.15, 0.2) is 5.17 Å². The lowest BCUT2D eigenvalue weighted by Crippen LogP contribution is -2.19. The van der Waals surface area contributed by atoms with Gasteiger partial charge in [-0.2, -0.15) is 0 Å². The lowest BCUT2D eigenvalue weighted by atomic mass is 10.2. The summed E-state index contributed by atoms with van der Waals surface area (Å²) in [4.78, 5) is 17.2. The Morgan fingerprint density at radius 2 is 1.83 bits per heavy atom. The van der Waals surface area contributed by atoms with Gasteiger partial charge < -0.3 is 5.32 Å². The number of aryl methyl sites for hydroxylation is 1. The van der Waals surface area contributed by atoms with E-state index in [0.29, 0.717) is 10.1 Å². The molecule has 2 aromatic carbocycles. The standard InChI is InChI=1S/C18H15IN2OS/c1-2-12-5-9-15(10-6-12)20-18-21-17(22)16(23-18)11-13-3-7-14(19)8-4-13/h3-11H,2H2,1H3,(H,20,21,22)/b16-11-. The summed E-state index contributed by atoms with van der Waals surface area (Å²) >= 11 is 3.63. The summed E-state index contributed by atoms with van der Waals surface area (Å²) in [6, 6.07) is 16.1. The number of amides is 1. The van der Waals surface area contributed by atoms with Gasteiger partial charge in [-0.15, -0.1) is 0 Å². The quantitative estimate of drug-likeness (QED) is 0.560. The molecule has 116 valence electrons. The lowest BCUT2D eigenvalue weighted by Gasteiger charge is -1.98. The first kappa shape index (κ1) is 16.3. The summed E-state index contributed by atoms with van der Waals surface area (Å²) in [6.07, 6.45) is 2.89. The highest BCUT2D eigenvalue weighted by atomic mass is 127. The molecule has 0 saturated carbocycles. The molecule has 1 N–H and O–H groups in total. The predicted octanol–water partition coefficient (Wildman–Crippen LogP) is 4.75. The zero-order chi connectivity index (χ0) is 16.2. The number of benzene rings is 2. The van der Waals surface area contributed by atoms with Crippen LogP contribution in [-0.4, -0.2) is 11.1 Å². The number of thioether (sulfide) groups is 1. The third-order valence-corrected chi connectivity index (χ3v) is 5.02. The van der Waals surface area contributed by atoms with Crippen molar-refractivity contribution >= 4 is 57.2 Å². The molecular weight excluding hydrogens is 419 g/mol. The van der Waals surface area contributed by atoms with Crippen LogP contribution in [0.25, 0.3) is 6.08 Å². The number of halogens is 1. The zero-order valence-corrected chi connectivity index (χ0v) is 15.5. The molecule has 1 saturated heterocycles. The van der Waals surface area contributed by atoms with Gasteiger partial charge in [-0.3, -0.25) is 4.79 Å². The topological polar surface area (TPSA) is 41.5 Å². The largest absolute Gasteiger partial charge is 0.300 e. The first-order chi connectivity index (χ1) is 11.1. The number of aliphatic imine (C=N–C) groups is 1. The summed E-state index contributed by atoms with van der Waals surface area (Å²) in [5.74, 6) is -0.0996. The summed E-state index contributed by atoms with van der Waals surface area (Å²) in [5, 5.41) is 3.44. The van der Waals surface area contributed by atoms with E-state index in [1.165, 1.54) is 20.9 Å². The van der Waals surface area contributed by atoms with Crippen molar-refractivity contribution in [2.75, 3.05) is 0 Å². The van der Waals surface area contributed by atoms with Crippen LogP contribution >= 0.6 is 34.4 Å². The smallest absolute Gasteiger partial charge is 0.264 e. The minimum absolute atomic E-state index is 0.0996. The van der Waals surface area contributed by atoms with Gasteiger partial charge in [-0.25, -0.2) is 4.99 Å². The van der Waals surface area contributed by atoms with Crippen molar-refractivity contribution in [3.8, 4) is 0 Å². The van der Waals surface area contributed by atoms with E-state index in [-0.39, 0.29) is 5.91 Å². The van der Waals surface area contributed by atoms with Gasteiger partial charge >= 0.3 is 0 Å². The van der Waals surface area contributed by atoms with Gasteiger partial charge in [0.05, 0.1) is 10.6 Å². The summed E-state index contributed by atoms with van der Waals surface area (Å²) in [5.41, 5.74) is 3.13. The first-order valence-corrected chi connectivity index (χ1v) is 9.17. The number of nitrogens with one attached hydrogen (secondary N) is 1.